The Bertz CT molecular complexity index is 1320. The molecule has 4 aliphatic carbocycles. The number of carbonyl (C=O) groups excluding carboxylic acids is 1. The number of nitrogens with one attached hydrogen (secondary N) is 1. The predicted molar refractivity (Wildman–Crippen MR) is 140 cm³/mol. The van der Waals surface area contributed by atoms with Crippen molar-refractivity contribution in [2.24, 2.45) is 37.3 Å². The van der Waals surface area contributed by atoms with E-state index in [-0.39, 0.29) is 17.2 Å². The van der Waals surface area contributed by atoms with Crippen molar-refractivity contribution >= 4 is 23.4 Å². The number of carbonyl (C=O) groups is 1. The predicted octanol–water partition coefficient (Wildman–Crippen LogP) is 4.10. The van der Waals surface area contributed by atoms with Crippen molar-refractivity contribution in [1.29, 1.82) is 0 Å². The molecular weight excluding hydrogens is 472 g/mol. The van der Waals surface area contributed by atoms with E-state index in [2.05, 4.69) is 20.1 Å². The summed E-state index contributed by atoms with van der Waals surface area (Å²) in [4.78, 5) is 25.9. The Kier molecular flexibility index (Phi) is 5.85. The van der Waals surface area contributed by atoms with Gasteiger partial charge in [0.15, 0.2) is 5.16 Å². The molecule has 2 aromatic heterocycles. The Labute approximate surface area is 215 Å². The normalized spacial score (nSPS) is 26.5. The maximum absolute atomic E-state index is 13.1. The maximum Gasteiger partial charge on any atom is 0.295 e. The lowest BCUT2D eigenvalue weighted by molar-refractivity contribution is -0.113. The molecule has 4 aliphatic rings. The second-order valence-electron chi connectivity index (χ2n) is 11.3. The molecule has 1 aromatic carbocycles. The molecule has 0 radical (unpaired) electrons. The highest BCUT2D eigenvalue weighted by molar-refractivity contribution is 7.99. The Morgan fingerprint density at radius 3 is 2.33 bits per heavy atom. The molecule has 0 saturated heterocycles. The second-order valence-corrected chi connectivity index (χ2v) is 12.3. The highest BCUT2D eigenvalue weighted by Crippen LogP contribution is 2.60. The van der Waals surface area contributed by atoms with Gasteiger partial charge in [0.05, 0.1) is 17.1 Å². The molecule has 0 aliphatic heterocycles. The van der Waals surface area contributed by atoms with E-state index in [0.29, 0.717) is 16.8 Å². The molecule has 2 heterocycles. The summed E-state index contributed by atoms with van der Waals surface area (Å²) >= 11 is 1.37. The molecule has 0 unspecified atom stereocenters. The number of benzene rings is 1. The van der Waals surface area contributed by atoms with Crippen LogP contribution in [0.4, 0.5) is 5.69 Å². The van der Waals surface area contributed by atoms with Gasteiger partial charge in [-0.1, -0.05) is 30.0 Å². The van der Waals surface area contributed by atoms with Gasteiger partial charge in [0.1, 0.15) is 11.5 Å². The maximum atomic E-state index is 13.1. The van der Waals surface area contributed by atoms with Crippen LogP contribution < -0.4 is 10.9 Å². The van der Waals surface area contributed by atoms with Crippen LogP contribution in [0.15, 0.2) is 40.3 Å². The molecule has 0 atom stereocenters. The number of hydrogen-bond donors (Lipinski definition) is 1. The second kappa shape index (κ2) is 8.94. The molecule has 36 heavy (non-hydrogen) atoms. The highest BCUT2D eigenvalue weighted by atomic mass is 32.2. The van der Waals surface area contributed by atoms with Crippen molar-refractivity contribution in [2.75, 3.05) is 11.1 Å². The molecule has 4 fully saturated rings. The van der Waals surface area contributed by atoms with Crippen molar-refractivity contribution in [3.8, 4) is 5.69 Å². The van der Waals surface area contributed by atoms with Gasteiger partial charge in [0, 0.05) is 20.5 Å². The molecule has 190 valence electrons. The Morgan fingerprint density at radius 2 is 1.69 bits per heavy atom. The monoisotopic (exact) mass is 506 g/mol. The number of aromatic nitrogens is 5. The minimum atomic E-state index is -0.240. The van der Waals surface area contributed by atoms with Gasteiger partial charge in [-0.3, -0.25) is 14.3 Å². The number of para-hydroxylation sites is 1. The van der Waals surface area contributed by atoms with Crippen LogP contribution in [0.3, 0.4) is 0 Å². The van der Waals surface area contributed by atoms with E-state index in [9.17, 15) is 9.59 Å². The van der Waals surface area contributed by atoms with Crippen LogP contribution in [0.5, 0.6) is 0 Å². The van der Waals surface area contributed by atoms with Crippen molar-refractivity contribution < 1.29 is 4.79 Å². The molecule has 1 amide bonds. The van der Waals surface area contributed by atoms with E-state index < -0.39 is 0 Å². The smallest absolute Gasteiger partial charge is 0.295 e. The summed E-state index contributed by atoms with van der Waals surface area (Å²) in [5.74, 6) is 3.71. The van der Waals surface area contributed by atoms with Crippen molar-refractivity contribution in [2.45, 2.75) is 57.0 Å². The van der Waals surface area contributed by atoms with Crippen LogP contribution in [0.2, 0.25) is 0 Å². The SMILES string of the molecule is Cc1c(NC(=O)CSc2nnc(CC34CC5CC(CC(C5)C3)C4)n2C)c(=O)n(-c2ccccc2)n1C. The van der Waals surface area contributed by atoms with Gasteiger partial charge in [-0.2, -0.15) is 0 Å². The lowest BCUT2D eigenvalue weighted by atomic mass is 9.49. The van der Waals surface area contributed by atoms with Crippen LogP contribution in [0, 0.1) is 30.1 Å². The molecule has 3 aromatic rings. The fraction of sp³-hybridized carbons (Fsp3) is 0.556. The number of thioether (sulfide) groups is 1. The third-order valence-electron chi connectivity index (χ3n) is 8.77. The molecule has 1 N–H and O–H groups in total. The van der Waals surface area contributed by atoms with E-state index in [1.54, 1.807) is 9.36 Å². The molecule has 8 nitrogen and oxygen atoms in total. The Morgan fingerprint density at radius 1 is 1.06 bits per heavy atom. The molecule has 9 heteroatoms. The number of nitrogens with zero attached hydrogens (tertiary/aromatic N) is 5. The van der Waals surface area contributed by atoms with Crippen LogP contribution >= 0.6 is 11.8 Å². The summed E-state index contributed by atoms with van der Waals surface area (Å²) in [5.41, 5.74) is 1.94. The first kappa shape index (κ1) is 23.6. The van der Waals surface area contributed by atoms with E-state index in [1.807, 2.05) is 51.4 Å². The zero-order valence-corrected chi connectivity index (χ0v) is 22.1. The van der Waals surface area contributed by atoms with Gasteiger partial charge in [0.25, 0.3) is 5.56 Å². The summed E-state index contributed by atoms with van der Waals surface area (Å²) in [7, 11) is 3.83. The summed E-state index contributed by atoms with van der Waals surface area (Å²) in [6, 6.07) is 9.43. The first-order chi connectivity index (χ1) is 17.3. The van der Waals surface area contributed by atoms with Crippen molar-refractivity contribution in [1.82, 2.24) is 24.1 Å². The number of rotatable bonds is 7. The Hall–Kier alpha value is -2.81. The zero-order chi connectivity index (χ0) is 25.0. The van der Waals surface area contributed by atoms with Crippen LogP contribution in [0.1, 0.15) is 50.0 Å². The van der Waals surface area contributed by atoms with E-state index in [1.165, 1.54) is 50.3 Å². The lowest BCUT2D eigenvalue weighted by Gasteiger charge is -2.56. The van der Waals surface area contributed by atoms with Crippen molar-refractivity contribution in [3.63, 3.8) is 0 Å². The largest absolute Gasteiger partial charge is 0.319 e. The average Bonchev–Trinajstić information content (AvgIpc) is 3.28. The summed E-state index contributed by atoms with van der Waals surface area (Å²) in [6.45, 7) is 1.84. The fourth-order valence-corrected chi connectivity index (χ4v) is 8.21. The fourth-order valence-electron chi connectivity index (χ4n) is 7.48. The molecule has 7 rings (SSSR count). The molecular formula is C27H34N6O2S. The van der Waals surface area contributed by atoms with Crippen LogP contribution in [-0.2, 0) is 25.3 Å². The minimum Gasteiger partial charge on any atom is -0.319 e. The number of amides is 1. The standard InChI is InChI=1S/C27H34N6O2S/c1-17-24(25(35)33(32(17)3)21-7-5-4-6-8-21)28-23(34)16-36-26-30-29-22(31(26)2)15-27-12-18-9-19(13-27)11-20(10-18)14-27/h4-8,18-20H,9-16H2,1-3H3,(H,28,34). The highest BCUT2D eigenvalue weighted by Gasteiger charge is 2.51. The third-order valence-corrected chi connectivity index (χ3v) is 9.79. The van der Waals surface area contributed by atoms with Gasteiger partial charge >= 0.3 is 0 Å². The van der Waals surface area contributed by atoms with E-state index in [4.69, 9.17) is 0 Å². The zero-order valence-electron chi connectivity index (χ0n) is 21.2. The van der Waals surface area contributed by atoms with E-state index in [0.717, 1.165) is 40.8 Å². The summed E-state index contributed by atoms with van der Waals surface area (Å²) in [5, 5.41) is 12.5. The summed E-state index contributed by atoms with van der Waals surface area (Å²) < 4.78 is 5.39. The minimum absolute atomic E-state index is 0.169. The average molecular weight is 507 g/mol. The number of hydrogen-bond acceptors (Lipinski definition) is 5. The van der Waals surface area contributed by atoms with Gasteiger partial charge in [-0.15, -0.1) is 10.2 Å². The lowest BCUT2D eigenvalue weighted by Crippen LogP contribution is -2.47. The van der Waals surface area contributed by atoms with Gasteiger partial charge in [0.2, 0.25) is 5.91 Å². The van der Waals surface area contributed by atoms with Crippen molar-refractivity contribution in [3.05, 3.63) is 52.2 Å². The quantitative estimate of drug-likeness (QED) is 0.488. The van der Waals surface area contributed by atoms with E-state index >= 15 is 0 Å². The first-order valence-corrected chi connectivity index (χ1v) is 14.0. The third kappa shape index (κ3) is 4.11. The molecule has 0 spiro atoms. The summed E-state index contributed by atoms with van der Waals surface area (Å²) in [6.07, 6.45) is 9.33. The van der Waals surface area contributed by atoms with Gasteiger partial charge in [-0.25, -0.2) is 4.68 Å². The first-order valence-electron chi connectivity index (χ1n) is 13.0. The topological polar surface area (TPSA) is 86.7 Å². The molecule has 4 bridgehead atoms. The van der Waals surface area contributed by atoms with Crippen LogP contribution in [-0.4, -0.2) is 35.8 Å². The van der Waals surface area contributed by atoms with Crippen LogP contribution in [0.25, 0.3) is 5.69 Å². The Balaban J connectivity index is 1.12. The molecule has 4 saturated carbocycles. The number of anilines is 1. The van der Waals surface area contributed by atoms with Gasteiger partial charge < -0.3 is 9.88 Å². The van der Waals surface area contributed by atoms with Gasteiger partial charge in [-0.05, 0) is 80.8 Å².